The van der Waals surface area contributed by atoms with Gasteiger partial charge in [0.2, 0.25) is 0 Å². The molecular formula is C13H19NO. The molecule has 0 bridgehead atoms. The van der Waals surface area contributed by atoms with Gasteiger partial charge in [-0.1, -0.05) is 12.1 Å². The van der Waals surface area contributed by atoms with Crippen LogP contribution in [0.5, 0.6) is 5.75 Å². The van der Waals surface area contributed by atoms with E-state index in [2.05, 4.69) is 12.1 Å². The van der Waals surface area contributed by atoms with Gasteiger partial charge in [0.15, 0.2) is 0 Å². The first-order chi connectivity index (χ1) is 7.35. The number of nitrogens with two attached hydrogens (primary N) is 1. The first-order valence-corrected chi connectivity index (χ1v) is 5.69. The SMILES string of the molecule is COc1ccc(C(CCN)C2CC2)cc1. The maximum atomic E-state index is 5.66. The van der Waals surface area contributed by atoms with E-state index in [1.807, 2.05) is 12.1 Å². The Morgan fingerprint density at radius 2 is 2.00 bits per heavy atom. The molecule has 0 aromatic heterocycles. The van der Waals surface area contributed by atoms with Crippen LogP contribution < -0.4 is 10.5 Å². The van der Waals surface area contributed by atoms with Gasteiger partial charge in [0.05, 0.1) is 7.11 Å². The third-order valence-corrected chi connectivity index (χ3v) is 3.21. The average molecular weight is 205 g/mol. The second kappa shape index (κ2) is 4.67. The molecule has 2 N–H and O–H groups in total. The van der Waals surface area contributed by atoms with Crippen LogP contribution in [-0.2, 0) is 0 Å². The third-order valence-electron chi connectivity index (χ3n) is 3.21. The minimum absolute atomic E-state index is 0.668. The van der Waals surface area contributed by atoms with Crippen LogP contribution in [0.15, 0.2) is 24.3 Å². The van der Waals surface area contributed by atoms with E-state index >= 15 is 0 Å². The van der Waals surface area contributed by atoms with Gasteiger partial charge in [-0.25, -0.2) is 0 Å². The molecule has 0 spiro atoms. The summed E-state index contributed by atoms with van der Waals surface area (Å²) >= 11 is 0. The van der Waals surface area contributed by atoms with Crippen LogP contribution in [0.3, 0.4) is 0 Å². The summed E-state index contributed by atoms with van der Waals surface area (Å²) in [5.74, 6) is 2.48. The van der Waals surface area contributed by atoms with Gasteiger partial charge in [-0.2, -0.15) is 0 Å². The molecule has 1 atom stereocenters. The Bertz CT molecular complexity index is 303. The summed E-state index contributed by atoms with van der Waals surface area (Å²) in [5, 5.41) is 0. The number of rotatable bonds is 5. The summed E-state index contributed by atoms with van der Waals surface area (Å²) in [6.07, 6.45) is 3.85. The standard InChI is InChI=1S/C13H19NO/c1-15-12-6-4-11(5-7-12)13(8-9-14)10-2-3-10/h4-7,10,13H,2-3,8-9,14H2,1H3. The van der Waals surface area contributed by atoms with Gasteiger partial charge < -0.3 is 10.5 Å². The van der Waals surface area contributed by atoms with Crippen LogP contribution in [0.1, 0.15) is 30.7 Å². The average Bonchev–Trinajstić information content (AvgIpc) is 3.10. The van der Waals surface area contributed by atoms with Crippen LogP contribution >= 0.6 is 0 Å². The van der Waals surface area contributed by atoms with Crippen LogP contribution in [0.2, 0.25) is 0 Å². The smallest absolute Gasteiger partial charge is 0.118 e. The largest absolute Gasteiger partial charge is 0.497 e. The normalized spacial score (nSPS) is 17.5. The summed E-state index contributed by atoms with van der Waals surface area (Å²) in [6.45, 7) is 0.785. The van der Waals surface area contributed by atoms with Crippen molar-refractivity contribution < 1.29 is 4.74 Å². The highest BCUT2D eigenvalue weighted by Crippen LogP contribution is 2.44. The fraction of sp³-hybridized carbons (Fsp3) is 0.538. The summed E-state index contributed by atoms with van der Waals surface area (Å²) in [7, 11) is 1.70. The maximum absolute atomic E-state index is 5.66. The molecule has 1 aromatic carbocycles. The molecule has 0 heterocycles. The first kappa shape index (κ1) is 10.5. The Labute approximate surface area is 91.4 Å². The fourth-order valence-electron chi connectivity index (χ4n) is 2.20. The van der Waals surface area contributed by atoms with Gasteiger partial charge in [-0.3, -0.25) is 0 Å². The Morgan fingerprint density at radius 1 is 1.33 bits per heavy atom. The predicted octanol–water partition coefficient (Wildman–Crippen LogP) is 2.54. The van der Waals surface area contributed by atoms with Crippen molar-refractivity contribution in [3.05, 3.63) is 29.8 Å². The van der Waals surface area contributed by atoms with Gasteiger partial charge in [0.25, 0.3) is 0 Å². The molecule has 1 aromatic rings. The predicted molar refractivity (Wildman–Crippen MR) is 62.1 cm³/mol. The van der Waals surface area contributed by atoms with E-state index in [1.165, 1.54) is 18.4 Å². The zero-order valence-corrected chi connectivity index (χ0v) is 9.28. The van der Waals surface area contributed by atoms with E-state index < -0.39 is 0 Å². The molecular weight excluding hydrogens is 186 g/mol. The van der Waals surface area contributed by atoms with Gasteiger partial charge in [-0.15, -0.1) is 0 Å². The lowest BCUT2D eigenvalue weighted by atomic mass is 9.91. The van der Waals surface area contributed by atoms with Gasteiger partial charge >= 0.3 is 0 Å². The zero-order valence-electron chi connectivity index (χ0n) is 9.28. The number of hydrogen-bond acceptors (Lipinski definition) is 2. The molecule has 1 unspecified atom stereocenters. The molecule has 0 amide bonds. The molecule has 2 rings (SSSR count). The molecule has 0 aliphatic heterocycles. The van der Waals surface area contributed by atoms with Gasteiger partial charge in [0.1, 0.15) is 5.75 Å². The fourth-order valence-corrected chi connectivity index (χ4v) is 2.20. The third kappa shape index (κ3) is 2.51. The topological polar surface area (TPSA) is 35.2 Å². The molecule has 2 heteroatoms. The van der Waals surface area contributed by atoms with Crippen LogP contribution in [0, 0.1) is 5.92 Å². The van der Waals surface area contributed by atoms with Crippen molar-refractivity contribution in [2.45, 2.75) is 25.2 Å². The lowest BCUT2D eigenvalue weighted by molar-refractivity contribution is 0.414. The highest BCUT2D eigenvalue weighted by molar-refractivity contribution is 5.30. The molecule has 1 aliphatic rings. The lowest BCUT2D eigenvalue weighted by Crippen LogP contribution is -2.09. The second-order valence-electron chi connectivity index (χ2n) is 4.29. The van der Waals surface area contributed by atoms with Crippen molar-refractivity contribution in [2.24, 2.45) is 11.7 Å². The minimum Gasteiger partial charge on any atom is -0.497 e. The Morgan fingerprint density at radius 3 is 2.47 bits per heavy atom. The van der Waals surface area contributed by atoms with E-state index in [1.54, 1.807) is 7.11 Å². The van der Waals surface area contributed by atoms with E-state index in [9.17, 15) is 0 Å². The van der Waals surface area contributed by atoms with Gasteiger partial charge in [0, 0.05) is 0 Å². The number of methoxy groups -OCH3 is 1. The van der Waals surface area contributed by atoms with E-state index in [4.69, 9.17) is 10.5 Å². The second-order valence-corrected chi connectivity index (χ2v) is 4.29. The van der Waals surface area contributed by atoms with Crippen LogP contribution in [0.4, 0.5) is 0 Å². The molecule has 2 nitrogen and oxygen atoms in total. The summed E-state index contributed by atoms with van der Waals surface area (Å²) in [6, 6.07) is 8.44. The monoisotopic (exact) mass is 205 g/mol. The molecule has 0 saturated heterocycles. The Hall–Kier alpha value is -1.02. The van der Waals surface area contributed by atoms with Gasteiger partial charge in [-0.05, 0) is 55.3 Å². The quantitative estimate of drug-likeness (QED) is 0.801. The van der Waals surface area contributed by atoms with E-state index in [0.717, 1.165) is 24.6 Å². The van der Waals surface area contributed by atoms with Crippen molar-refractivity contribution in [3.8, 4) is 5.75 Å². The lowest BCUT2D eigenvalue weighted by Gasteiger charge is -2.15. The molecule has 15 heavy (non-hydrogen) atoms. The summed E-state index contributed by atoms with van der Waals surface area (Å²) in [5.41, 5.74) is 7.08. The van der Waals surface area contributed by atoms with Crippen molar-refractivity contribution in [1.82, 2.24) is 0 Å². The summed E-state index contributed by atoms with van der Waals surface area (Å²) in [4.78, 5) is 0. The van der Waals surface area contributed by atoms with E-state index in [0.29, 0.717) is 5.92 Å². The van der Waals surface area contributed by atoms with Crippen molar-refractivity contribution in [2.75, 3.05) is 13.7 Å². The van der Waals surface area contributed by atoms with Crippen LogP contribution in [-0.4, -0.2) is 13.7 Å². The zero-order chi connectivity index (χ0) is 10.7. The summed E-state index contributed by atoms with van der Waals surface area (Å²) < 4.78 is 5.16. The van der Waals surface area contributed by atoms with Crippen molar-refractivity contribution in [3.63, 3.8) is 0 Å². The highest BCUT2D eigenvalue weighted by atomic mass is 16.5. The molecule has 1 saturated carbocycles. The molecule has 1 aliphatic carbocycles. The van der Waals surface area contributed by atoms with E-state index in [-0.39, 0.29) is 0 Å². The number of hydrogen-bond donors (Lipinski definition) is 1. The first-order valence-electron chi connectivity index (χ1n) is 5.69. The van der Waals surface area contributed by atoms with Crippen LogP contribution in [0.25, 0.3) is 0 Å². The Kier molecular flexibility index (Phi) is 3.27. The van der Waals surface area contributed by atoms with Crippen molar-refractivity contribution in [1.29, 1.82) is 0 Å². The van der Waals surface area contributed by atoms with Crippen molar-refractivity contribution >= 4 is 0 Å². The molecule has 0 radical (unpaired) electrons. The number of ether oxygens (including phenoxy) is 1. The minimum atomic E-state index is 0.668. The Balaban J connectivity index is 2.10. The number of benzene rings is 1. The maximum Gasteiger partial charge on any atom is 0.118 e. The molecule has 82 valence electrons. The highest BCUT2D eigenvalue weighted by Gasteiger charge is 2.31. The molecule has 1 fully saturated rings.